The number of carbonyl (C=O) groups excluding carboxylic acids is 2. The summed E-state index contributed by atoms with van der Waals surface area (Å²) >= 11 is 0. The average Bonchev–Trinajstić information content (AvgIpc) is 2.64. The highest BCUT2D eigenvalue weighted by atomic mass is 16.5. The normalized spacial score (nSPS) is 13.2. The SMILES string of the molecule is COC(=O)NN1C(=O)Cc2cc(O)c(OC)cc21. The van der Waals surface area contributed by atoms with Gasteiger partial charge in [-0.15, -0.1) is 0 Å². The van der Waals surface area contributed by atoms with Crippen LogP contribution >= 0.6 is 0 Å². The van der Waals surface area contributed by atoms with Crippen molar-refractivity contribution >= 4 is 17.7 Å². The van der Waals surface area contributed by atoms with Gasteiger partial charge >= 0.3 is 6.09 Å². The lowest BCUT2D eigenvalue weighted by Crippen LogP contribution is -2.44. The quantitative estimate of drug-likeness (QED) is 0.803. The molecule has 0 atom stereocenters. The molecule has 1 aromatic rings. The van der Waals surface area contributed by atoms with Crippen molar-refractivity contribution in [2.75, 3.05) is 19.2 Å². The number of nitrogens with one attached hydrogen (secondary N) is 1. The largest absolute Gasteiger partial charge is 0.504 e. The summed E-state index contributed by atoms with van der Waals surface area (Å²) in [5.74, 6) is -0.146. The molecule has 0 radical (unpaired) electrons. The van der Waals surface area contributed by atoms with Gasteiger partial charge in [0.2, 0.25) is 5.91 Å². The summed E-state index contributed by atoms with van der Waals surface area (Å²) in [4.78, 5) is 22.9. The predicted octanol–water partition coefficient (Wildman–Crippen LogP) is 0.561. The Bertz CT molecular complexity index is 514. The number of hydrogen-bond acceptors (Lipinski definition) is 5. The first-order valence-electron chi connectivity index (χ1n) is 5.14. The van der Waals surface area contributed by atoms with E-state index in [0.29, 0.717) is 11.3 Å². The van der Waals surface area contributed by atoms with E-state index in [9.17, 15) is 14.7 Å². The van der Waals surface area contributed by atoms with Gasteiger partial charge in [0.1, 0.15) is 0 Å². The number of anilines is 1. The van der Waals surface area contributed by atoms with Gasteiger partial charge in [-0.2, -0.15) is 0 Å². The molecule has 0 saturated carbocycles. The lowest BCUT2D eigenvalue weighted by atomic mass is 10.1. The van der Waals surface area contributed by atoms with Gasteiger partial charge in [0.25, 0.3) is 0 Å². The second-order valence-electron chi connectivity index (χ2n) is 3.66. The Labute approximate surface area is 103 Å². The molecular weight excluding hydrogens is 240 g/mol. The summed E-state index contributed by atoms with van der Waals surface area (Å²) in [5, 5.41) is 10.7. The summed E-state index contributed by atoms with van der Waals surface area (Å²) in [7, 11) is 2.60. The van der Waals surface area contributed by atoms with Crippen molar-refractivity contribution in [3.63, 3.8) is 0 Å². The van der Waals surface area contributed by atoms with E-state index in [1.165, 1.54) is 26.4 Å². The molecule has 0 bridgehead atoms. The molecule has 0 fully saturated rings. The molecule has 18 heavy (non-hydrogen) atoms. The van der Waals surface area contributed by atoms with Gasteiger partial charge < -0.3 is 14.6 Å². The van der Waals surface area contributed by atoms with Gasteiger partial charge in [-0.3, -0.25) is 4.79 Å². The molecule has 0 saturated heterocycles. The predicted molar refractivity (Wildman–Crippen MR) is 61.4 cm³/mol. The number of rotatable bonds is 2. The molecule has 1 aliphatic rings. The molecule has 0 aromatic heterocycles. The van der Waals surface area contributed by atoms with E-state index in [1.54, 1.807) is 0 Å². The molecule has 0 unspecified atom stereocenters. The molecule has 2 N–H and O–H groups in total. The fourth-order valence-corrected chi connectivity index (χ4v) is 1.75. The topological polar surface area (TPSA) is 88.1 Å². The lowest BCUT2D eigenvalue weighted by Gasteiger charge is -2.18. The Kier molecular flexibility index (Phi) is 2.97. The molecule has 0 spiro atoms. The third-order valence-electron chi connectivity index (χ3n) is 2.60. The highest BCUT2D eigenvalue weighted by Crippen LogP contribution is 2.37. The molecule has 2 amide bonds. The number of carbonyl (C=O) groups is 2. The third kappa shape index (κ3) is 1.90. The molecule has 1 aliphatic heterocycles. The number of methoxy groups -OCH3 is 2. The number of ether oxygens (including phenoxy) is 2. The van der Waals surface area contributed by atoms with Crippen molar-refractivity contribution in [2.24, 2.45) is 0 Å². The molecule has 7 heteroatoms. The Morgan fingerprint density at radius 3 is 2.78 bits per heavy atom. The number of amides is 2. The number of hydrogen-bond donors (Lipinski definition) is 2. The summed E-state index contributed by atoms with van der Waals surface area (Å²) in [6, 6.07) is 2.91. The van der Waals surface area contributed by atoms with Crippen LogP contribution in [0.4, 0.5) is 10.5 Å². The second kappa shape index (κ2) is 4.44. The van der Waals surface area contributed by atoms with E-state index in [2.05, 4.69) is 10.2 Å². The van der Waals surface area contributed by atoms with E-state index >= 15 is 0 Å². The van der Waals surface area contributed by atoms with Gasteiger partial charge in [0, 0.05) is 6.07 Å². The van der Waals surface area contributed by atoms with Crippen LogP contribution in [0.3, 0.4) is 0 Å². The average molecular weight is 252 g/mol. The van der Waals surface area contributed by atoms with Crippen LogP contribution in [0.25, 0.3) is 0 Å². The van der Waals surface area contributed by atoms with E-state index in [0.717, 1.165) is 5.01 Å². The zero-order valence-corrected chi connectivity index (χ0v) is 9.89. The molecule has 1 heterocycles. The van der Waals surface area contributed by atoms with Crippen molar-refractivity contribution in [3.8, 4) is 11.5 Å². The highest BCUT2D eigenvalue weighted by Gasteiger charge is 2.30. The van der Waals surface area contributed by atoms with Crippen LogP contribution in [-0.4, -0.2) is 31.3 Å². The maximum absolute atomic E-state index is 11.7. The third-order valence-corrected chi connectivity index (χ3v) is 2.60. The zero-order valence-electron chi connectivity index (χ0n) is 9.89. The Morgan fingerprint density at radius 1 is 1.44 bits per heavy atom. The summed E-state index contributed by atoms with van der Waals surface area (Å²) in [5.41, 5.74) is 3.36. The number of benzene rings is 1. The van der Waals surface area contributed by atoms with Gasteiger partial charge in [-0.05, 0) is 11.6 Å². The van der Waals surface area contributed by atoms with Crippen molar-refractivity contribution in [3.05, 3.63) is 17.7 Å². The van der Waals surface area contributed by atoms with E-state index in [1.807, 2.05) is 0 Å². The maximum atomic E-state index is 11.7. The van der Waals surface area contributed by atoms with Crippen LogP contribution < -0.4 is 15.2 Å². The van der Waals surface area contributed by atoms with Crippen LogP contribution in [0, 0.1) is 0 Å². The number of fused-ring (bicyclic) bond motifs is 1. The van der Waals surface area contributed by atoms with Crippen molar-refractivity contribution < 1.29 is 24.2 Å². The standard InChI is InChI=1S/C11H12N2O5/c1-17-9-5-7-6(3-8(9)14)4-10(15)13(7)12-11(16)18-2/h3,5,14H,4H2,1-2H3,(H,12,16). The summed E-state index contributed by atoms with van der Waals surface area (Å²) in [6.45, 7) is 0. The Balaban J connectivity index is 2.37. The molecular formula is C11H12N2O5. The minimum atomic E-state index is -0.747. The van der Waals surface area contributed by atoms with Gasteiger partial charge in [-0.1, -0.05) is 0 Å². The summed E-state index contributed by atoms with van der Waals surface area (Å²) in [6.07, 6.45) is -0.653. The van der Waals surface area contributed by atoms with Gasteiger partial charge in [-0.25, -0.2) is 15.2 Å². The van der Waals surface area contributed by atoms with Crippen molar-refractivity contribution in [1.82, 2.24) is 5.43 Å². The monoisotopic (exact) mass is 252 g/mol. The van der Waals surface area contributed by atoms with E-state index in [-0.39, 0.29) is 23.8 Å². The fourth-order valence-electron chi connectivity index (χ4n) is 1.75. The molecule has 2 rings (SSSR count). The second-order valence-corrected chi connectivity index (χ2v) is 3.66. The minimum Gasteiger partial charge on any atom is -0.504 e. The molecule has 0 aliphatic carbocycles. The first kappa shape index (κ1) is 12.0. The van der Waals surface area contributed by atoms with Gasteiger partial charge in [0.05, 0.1) is 26.3 Å². The van der Waals surface area contributed by atoms with Crippen molar-refractivity contribution in [2.45, 2.75) is 6.42 Å². The molecule has 1 aromatic carbocycles. The first-order valence-corrected chi connectivity index (χ1v) is 5.14. The van der Waals surface area contributed by atoms with Crippen LogP contribution in [0.5, 0.6) is 11.5 Å². The van der Waals surface area contributed by atoms with E-state index in [4.69, 9.17) is 4.74 Å². The first-order chi connectivity index (χ1) is 8.56. The smallest absolute Gasteiger partial charge is 0.426 e. The van der Waals surface area contributed by atoms with Gasteiger partial charge in [0.15, 0.2) is 11.5 Å². The maximum Gasteiger partial charge on any atom is 0.426 e. The number of aromatic hydroxyl groups is 1. The molecule has 96 valence electrons. The minimum absolute atomic E-state index is 0.0519. The van der Waals surface area contributed by atoms with Crippen LogP contribution in [0.2, 0.25) is 0 Å². The molecule has 7 nitrogen and oxygen atoms in total. The lowest BCUT2D eigenvalue weighted by molar-refractivity contribution is -0.117. The Morgan fingerprint density at radius 2 is 2.17 bits per heavy atom. The van der Waals surface area contributed by atoms with Crippen LogP contribution in [-0.2, 0) is 16.0 Å². The van der Waals surface area contributed by atoms with Crippen LogP contribution in [0.15, 0.2) is 12.1 Å². The van der Waals surface area contributed by atoms with Crippen LogP contribution in [0.1, 0.15) is 5.56 Å². The highest BCUT2D eigenvalue weighted by molar-refractivity contribution is 6.03. The number of phenols is 1. The Hall–Kier alpha value is -2.44. The zero-order chi connectivity index (χ0) is 13.3. The number of nitrogens with zero attached hydrogens (tertiary/aromatic N) is 1. The fraction of sp³-hybridized carbons (Fsp3) is 0.273. The summed E-state index contributed by atoms with van der Waals surface area (Å²) < 4.78 is 9.38. The van der Waals surface area contributed by atoms with Crippen molar-refractivity contribution in [1.29, 1.82) is 0 Å². The number of hydrazine groups is 1. The van der Waals surface area contributed by atoms with E-state index < -0.39 is 6.09 Å². The number of phenolic OH excluding ortho intramolecular Hbond substituents is 1.